The van der Waals surface area contributed by atoms with Gasteiger partial charge in [-0.1, -0.05) is 18.2 Å². The Bertz CT molecular complexity index is 638. The van der Waals surface area contributed by atoms with Gasteiger partial charge in [-0.05, 0) is 56.0 Å². The van der Waals surface area contributed by atoms with Crippen LogP contribution >= 0.6 is 11.8 Å². The number of hydrogen-bond donors (Lipinski definition) is 1. The predicted octanol–water partition coefficient (Wildman–Crippen LogP) is 3.85. The number of pyridine rings is 1. The molecule has 1 amide bonds. The first kappa shape index (κ1) is 16.6. The van der Waals surface area contributed by atoms with Gasteiger partial charge in [0.05, 0.1) is 0 Å². The van der Waals surface area contributed by atoms with Crippen LogP contribution in [0.1, 0.15) is 28.2 Å². The van der Waals surface area contributed by atoms with Crippen molar-refractivity contribution in [2.75, 3.05) is 18.6 Å². The van der Waals surface area contributed by atoms with Crippen molar-refractivity contribution in [2.24, 2.45) is 0 Å². The first-order valence-corrected chi connectivity index (χ1v) is 8.83. The maximum absolute atomic E-state index is 12.0. The van der Waals surface area contributed by atoms with Gasteiger partial charge in [0.1, 0.15) is 0 Å². The first-order chi connectivity index (χ1) is 10.6. The van der Waals surface area contributed by atoms with E-state index in [1.807, 2.05) is 44.2 Å². The molecule has 0 radical (unpaired) electrons. The molecule has 0 unspecified atom stereocenters. The molecule has 4 heteroatoms. The third-order valence-electron chi connectivity index (χ3n) is 3.49. The molecule has 0 saturated heterocycles. The first-order valence-electron chi connectivity index (χ1n) is 7.43. The van der Waals surface area contributed by atoms with E-state index in [0.29, 0.717) is 5.56 Å². The van der Waals surface area contributed by atoms with E-state index in [2.05, 4.69) is 22.6 Å². The summed E-state index contributed by atoms with van der Waals surface area (Å²) in [5.74, 6) is 1.06. The Morgan fingerprint density at radius 1 is 1.14 bits per heavy atom. The summed E-state index contributed by atoms with van der Waals surface area (Å²) in [6.07, 6.45) is 3.07. The number of hydrogen-bond acceptors (Lipinski definition) is 3. The average molecular weight is 314 g/mol. The molecule has 0 aliphatic heterocycles. The Kier molecular flexibility index (Phi) is 6.01. The second-order valence-corrected chi connectivity index (χ2v) is 6.25. The average Bonchev–Trinajstić information content (AvgIpc) is 2.52. The molecular weight excluding hydrogens is 292 g/mol. The van der Waals surface area contributed by atoms with E-state index in [-0.39, 0.29) is 5.91 Å². The minimum atomic E-state index is -0.00796. The van der Waals surface area contributed by atoms with Crippen molar-refractivity contribution in [1.29, 1.82) is 0 Å². The van der Waals surface area contributed by atoms with Crippen LogP contribution in [-0.4, -0.2) is 29.4 Å². The van der Waals surface area contributed by atoms with E-state index in [0.717, 1.165) is 41.2 Å². The molecule has 1 N–H and O–H groups in total. The van der Waals surface area contributed by atoms with Gasteiger partial charge < -0.3 is 5.32 Å². The fourth-order valence-corrected chi connectivity index (χ4v) is 2.75. The lowest BCUT2D eigenvalue weighted by Gasteiger charge is -2.08. The largest absolute Gasteiger partial charge is 0.352 e. The quantitative estimate of drug-likeness (QED) is 0.824. The highest BCUT2D eigenvalue weighted by molar-refractivity contribution is 7.98. The van der Waals surface area contributed by atoms with Crippen LogP contribution in [-0.2, 0) is 0 Å². The number of rotatable bonds is 6. The van der Waals surface area contributed by atoms with Gasteiger partial charge in [-0.3, -0.25) is 9.78 Å². The molecule has 0 saturated carbocycles. The van der Waals surface area contributed by atoms with Crippen molar-refractivity contribution in [1.82, 2.24) is 10.3 Å². The van der Waals surface area contributed by atoms with Gasteiger partial charge in [-0.2, -0.15) is 11.8 Å². The zero-order chi connectivity index (χ0) is 15.9. The number of nitrogens with zero attached hydrogens (tertiary/aromatic N) is 1. The van der Waals surface area contributed by atoms with Crippen LogP contribution < -0.4 is 5.32 Å². The number of aromatic nitrogens is 1. The Balaban J connectivity index is 2.05. The minimum Gasteiger partial charge on any atom is -0.352 e. The SMILES string of the molecule is CSCCCNC(=O)c1ccc(-c2ccc(C)nc2C)cc1. The summed E-state index contributed by atoms with van der Waals surface area (Å²) >= 11 is 1.79. The summed E-state index contributed by atoms with van der Waals surface area (Å²) < 4.78 is 0. The number of aryl methyl sites for hydroxylation is 2. The molecule has 0 spiro atoms. The van der Waals surface area contributed by atoms with Gasteiger partial charge in [0.2, 0.25) is 0 Å². The summed E-state index contributed by atoms with van der Waals surface area (Å²) in [7, 11) is 0. The monoisotopic (exact) mass is 314 g/mol. The molecule has 1 aromatic carbocycles. The lowest BCUT2D eigenvalue weighted by Crippen LogP contribution is -2.24. The van der Waals surface area contributed by atoms with Crippen molar-refractivity contribution in [3.63, 3.8) is 0 Å². The lowest BCUT2D eigenvalue weighted by atomic mass is 10.0. The second-order valence-electron chi connectivity index (χ2n) is 5.27. The predicted molar refractivity (Wildman–Crippen MR) is 94.5 cm³/mol. The molecule has 2 aromatic rings. The van der Waals surface area contributed by atoms with Crippen LogP contribution in [0.3, 0.4) is 0 Å². The van der Waals surface area contributed by atoms with E-state index in [9.17, 15) is 4.79 Å². The number of carbonyl (C=O) groups excluding carboxylic acids is 1. The number of benzene rings is 1. The van der Waals surface area contributed by atoms with E-state index in [1.165, 1.54) is 0 Å². The van der Waals surface area contributed by atoms with E-state index < -0.39 is 0 Å². The van der Waals surface area contributed by atoms with E-state index in [1.54, 1.807) is 11.8 Å². The van der Waals surface area contributed by atoms with Crippen molar-refractivity contribution < 1.29 is 4.79 Å². The molecule has 1 aromatic heterocycles. The number of nitrogens with one attached hydrogen (secondary N) is 1. The molecule has 2 rings (SSSR count). The maximum Gasteiger partial charge on any atom is 0.251 e. The topological polar surface area (TPSA) is 42.0 Å². The van der Waals surface area contributed by atoms with Crippen LogP contribution in [0, 0.1) is 13.8 Å². The van der Waals surface area contributed by atoms with Crippen molar-refractivity contribution >= 4 is 17.7 Å². The summed E-state index contributed by atoms with van der Waals surface area (Å²) in [5, 5.41) is 2.95. The Hall–Kier alpha value is -1.81. The number of thioether (sulfide) groups is 1. The summed E-state index contributed by atoms with van der Waals surface area (Å²) in [5.41, 5.74) is 4.92. The fourth-order valence-electron chi connectivity index (χ4n) is 2.31. The van der Waals surface area contributed by atoms with Gasteiger partial charge in [-0.25, -0.2) is 0 Å². The molecular formula is C18H22N2OS. The Morgan fingerprint density at radius 2 is 1.86 bits per heavy atom. The third kappa shape index (κ3) is 4.34. The van der Waals surface area contributed by atoms with Crippen molar-refractivity contribution in [2.45, 2.75) is 20.3 Å². The van der Waals surface area contributed by atoms with Gasteiger partial charge in [-0.15, -0.1) is 0 Å². The summed E-state index contributed by atoms with van der Waals surface area (Å²) in [4.78, 5) is 16.5. The van der Waals surface area contributed by atoms with Gasteiger partial charge >= 0.3 is 0 Å². The van der Waals surface area contributed by atoms with Gasteiger partial charge in [0.15, 0.2) is 0 Å². The summed E-state index contributed by atoms with van der Waals surface area (Å²) in [6, 6.07) is 11.8. The van der Waals surface area contributed by atoms with Crippen LogP contribution in [0.15, 0.2) is 36.4 Å². The molecule has 0 aliphatic rings. The molecule has 0 fully saturated rings. The van der Waals surface area contributed by atoms with Crippen LogP contribution in [0.4, 0.5) is 0 Å². The zero-order valence-electron chi connectivity index (χ0n) is 13.3. The zero-order valence-corrected chi connectivity index (χ0v) is 14.2. The maximum atomic E-state index is 12.0. The molecule has 0 atom stereocenters. The standard InChI is InChI=1S/C18H22N2OS/c1-13-5-10-17(14(2)20-13)15-6-8-16(9-7-15)18(21)19-11-4-12-22-3/h5-10H,4,11-12H2,1-3H3,(H,19,21). The van der Waals surface area contributed by atoms with E-state index >= 15 is 0 Å². The van der Waals surface area contributed by atoms with Crippen LogP contribution in [0.25, 0.3) is 11.1 Å². The van der Waals surface area contributed by atoms with Crippen LogP contribution in [0.2, 0.25) is 0 Å². The molecule has 1 heterocycles. The van der Waals surface area contributed by atoms with Gasteiger partial charge in [0, 0.05) is 29.1 Å². The molecule has 0 aliphatic carbocycles. The lowest BCUT2D eigenvalue weighted by molar-refractivity contribution is 0.0954. The highest BCUT2D eigenvalue weighted by atomic mass is 32.2. The normalized spacial score (nSPS) is 10.5. The molecule has 0 bridgehead atoms. The summed E-state index contributed by atoms with van der Waals surface area (Å²) in [6.45, 7) is 4.72. The highest BCUT2D eigenvalue weighted by Crippen LogP contribution is 2.22. The van der Waals surface area contributed by atoms with Gasteiger partial charge in [0.25, 0.3) is 5.91 Å². The Labute approximate surface area is 136 Å². The molecule has 116 valence electrons. The Morgan fingerprint density at radius 3 is 2.50 bits per heavy atom. The van der Waals surface area contributed by atoms with Crippen LogP contribution in [0.5, 0.6) is 0 Å². The third-order valence-corrected chi connectivity index (χ3v) is 4.19. The van der Waals surface area contributed by atoms with Crippen molar-refractivity contribution in [3.05, 3.63) is 53.3 Å². The smallest absolute Gasteiger partial charge is 0.251 e. The number of amides is 1. The minimum absolute atomic E-state index is 0.00796. The fraction of sp³-hybridized carbons (Fsp3) is 0.333. The van der Waals surface area contributed by atoms with Crippen molar-refractivity contribution in [3.8, 4) is 11.1 Å². The molecule has 3 nitrogen and oxygen atoms in total. The number of carbonyl (C=O) groups is 1. The highest BCUT2D eigenvalue weighted by Gasteiger charge is 2.07. The van der Waals surface area contributed by atoms with E-state index in [4.69, 9.17) is 0 Å². The molecule has 22 heavy (non-hydrogen) atoms. The second kappa shape index (κ2) is 7.99.